The van der Waals surface area contributed by atoms with Gasteiger partial charge >= 0.3 is 12.1 Å². The van der Waals surface area contributed by atoms with Gasteiger partial charge in [-0.2, -0.15) is 0 Å². The molecule has 1 aliphatic rings. The van der Waals surface area contributed by atoms with Gasteiger partial charge in [-0.3, -0.25) is 4.79 Å². The van der Waals surface area contributed by atoms with E-state index in [2.05, 4.69) is 0 Å². The van der Waals surface area contributed by atoms with E-state index in [1.807, 2.05) is 39.0 Å². The first-order valence-electron chi connectivity index (χ1n) is 8.07. The van der Waals surface area contributed by atoms with E-state index in [-0.39, 0.29) is 6.04 Å². The highest BCUT2D eigenvalue weighted by Gasteiger charge is 2.39. The topological polar surface area (TPSA) is 66.8 Å². The van der Waals surface area contributed by atoms with Crippen molar-refractivity contribution in [1.29, 1.82) is 0 Å². The summed E-state index contributed by atoms with van der Waals surface area (Å²) in [4.78, 5) is 26.0. The van der Waals surface area contributed by atoms with E-state index in [1.165, 1.54) is 0 Å². The number of benzene rings is 1. The molecule has 1 N–H and O–H groups in total. The second kappa shape index (κ2) is 7.02. The molecule has 1 amide bonds. The fourth-order valence-corrected chi connectivity index (χ4v) is 3.04. The largest absolute Gasteiger partial charge is 0.481 e. The van der Waals surface area contributed by atoms with E-state index in [4.69, 9.17) is 4.74 Å². The fraction of sp³-hybridized carbons (Fsp3) is 0.556. The van der Waals surface area contributed by atoms with Crippen LogP contribution in [-0.4, -0.2) is 40.3 Å². The van der Waals surface area contributed by atoms with Gasteiger partial charge in [0.1, 0.15) is 11.5 Å². The highest BCUT2D eigenvalue weighted by atomic mass is 16.6. The van der Waals surface area contributed by atoms with Gasteiger partial charge in [0.05, 0.1) is 6.04 Å². The molecule has 0 saturated carbocycles. The zero-order valence-electron chi connectivity index (χ0n) is 14.0. The number of nitrogens with zero attached hydrogens (tertiary/aromatic N) is 1. The number of aliphatic carboxylic acids is 1. The lowest BCUT2D eigenvalue weighted by Crippen LogP contribution is -2.50. The van der Waals surface area contributed by atoms with E-state index in [9.17, 15) is 14.7 Å². The Bertz CT molecular complexity index is 550. The highest BCUT2D eigenvalue weighted by molar-refractivity contribution is 5.79. The molecule has 5 nitrogen and oxygen atoms in total. The van der Waals surface area contributed by atoms with Crippen molar-refractivity contribution < 1.29 is 19.4 Å². The average molecular weight is 319 g/mol. The van der Waals surface area contributed by atoms with Crippen molar-refractivity contribution in [2.75, 3.05) is 6.54 Å². The van der Waals surface area contributed by atoms with E-state index in [0.717, 1.165) is 18.4 Å². The van der Waals surface area contributed by atoms with Crippen LogP contribution in [0.5, 0.6) is 0 Å². The Morgan fingerprint density at radius 1 is 1.22 bits per heavy atom. The monoisotopic (exact) mass is 319 g/mol. The number of carbonyl (C=O) groups excluding carboxylic acids is 1. The van der Waals surface area contributed by atoms with E-state index in [1.54, 1.807) is 17.0 Å². The third kappa shape index (κ3) is 4.47. The van der Waals surface area contributed by atoms with Gasteiger partial charge in [-0.15, -0.1) is 0 Å². The van der Waals surface area contributed by atoms with Crippen LogP contribution in [0.25, 0.3) is 0 Å². The molecule has 1 aromatic rings. The summed E-state index contributed by atoms with van der Waals surface area (Å²) in [6.45, 7) is 5.98. The second-order valence-corrected chi connectivity index (χ2v) is 6.96. The first-order valence-corrected chi connectivity index (χ1v) is 8.07. The minimum Gasteiger partial charge on any atom is -0.481 e. The van der Waals surface area contributed by atoms with Crippen LogP contribution in [0.15, 0.2) is 30.3 Å². The van der Waals surface area contributed by atoms with Crippen LogP contribution in [0.2, 0.25) is 0 Å². The molecule has 1 fully saturated rings. The molecule has 0 spiro atoms. The van der Waals surface area contributed by atoms with E-state index in [0.29, 0.717) is 13.0 Å². The zero-order valence-corrected chi connectivity index (χ0v) is 14.0. The van der Waals surface area contributed by atoms with Crippen molar-refractivity contribution in [2.24, 2.45) is 0 Å². The molecule has 2 unspecified atom stereocenters. The molecule has 23 heavy (non-hydrogen) atoms. The first-order chi connectivity index (χ1) is 10.8. The summed E-state index contributed by atoms with van der Waals surface area (Å²) in [5.74, 6) is -1.64. The van der Waals surface area contributed by atoms with Crippen LogP contribution < -0.4 is 0 Å². The lowest BCUT2D eigenvalue weighted by Gasteiger charge is -2.39. The number of likely N-dealkylation sites (tertiary alicyclic amines) is 1. The van der Waals surface area contributed by atoms with Gasteiger partial charge in [0.15, 0.2) is 0 Å². The predicted molar refractivity (Wildman–Crippen MR) is 87.4 cm³/mol. The Morgan fingerprint density at radius 3 is 2.43 bits per heavy atom. The van der Waals surface area contributed by atoms with Crippen molar-refractivity contribution in [3.63, 3.8) is 0 Å². The normalized spacial score (nSPS) is 20.0. The second-order valence-electron chi connectivity index (χ2n) is 6.96. The Labute approximate surface area is 137 Å². The van der Waals surface area contributed by atoms with Crippen molar-refractivity contribution in [1.82, 2.24) is 4.90 Å². The molecular formula is C18H25NO4. The number of hydrogen-bond donors (Lipinski definition) is 1. The summed E-state index contributed by atoms with van der Waals surface area (Å²) in [5, 5.41) is 9.73. The minimum atomic E-state index is -0.906. The summed E-state index contributed by atoms with van der Waals surface area (Å²) >= 11 is 0. The van der Waals surface area contributed by atoms with Gasteiger partial charge in [-0.1, -0.05) is 30.3 Å². The summed E-state index contributed by atoms with van der Waals surface area (Å²) in [6, 6.07) is 8.74. The predicted octanol–water partition coefficient (Wildman–Crippen LogP) is 3.64. The minimum absolute atomic E-state index is 0.376. The third-order valence-corrected chi connectivity index (χ3v) is 3.99. The molecule has 0 radical (unpaired) electrons. The quantitative estimate of drug-likeness (QED) is 0.923. The van der Waals surface area contributed by atoms with Crippen LogP contribution in [0.3, 0.4) is 0 Å². The Kier molecular flexibility index (Phi) is 5.29. The van der Waals surface area contributed by atoms with Gasteiger partial charge in [0.2, 0.25) is 0 Å². The molecule has 1 heterocycles. The van der Waals surface area contributed by atoms with Crippen LogP contribution in [0, 0.1) is 0 Å². The fourth-order valence-electron chi connectivity index (χ4n) is 3.04. The lowest BCUT2D eigenvalue weighted by atomic mass is 9.85. The Morgan fingerprint density at radius 2 is 1.87 bits per heavy atom. The number of piperidine rings is 1. The molecule has 5 heteroatoms. The molecule has 0 aromatic heterocycles. The summed E-state index contributed by atoms with van der Waals surface area (Å²) in [5.41, 5.74) is 0.130. The van der Waals surface area contributed by atoms with Crippen LogP contribution in [0.4, 0.5) is 4.79 Å². The number of rotatable bonds is 3. The van der Waals surface area contributed by atoms with Gasteiger partial charge in [-0.05, 0) is 45.6 Å². The first kappa shape index (κ1) is 17.3. The van der Waals surface area contributed by atoms with Crippen LogP contribution in [0.1, 0.15) is 51.5 Å². The van der Waals surface area contributed by atoms with E-state index >= 15 is 0 Å². The highest BCUT2D eigenvalue weighted by Crippen LogP contribution is 2.32. The van der Waals surface area contributed by atoms with Gasteiger partial charge in [0, 0.05) is 6.54 Å². The average Bonchev–Trinajstić information content (AvgIpc) is 2.47. The van der Waals surface area contributed by atoms with Crippen molar-refractivity contribution in [3.05, 3.63) is 35.9 Å². The SMILES string of the molecule is CC(C)(C)OC(=O)N1CCCCC1C(C(=O)O)c1ccccc1. The molecule has 1 aliphatic heterocycles. The van der Waals surface area contributed by atoms with Crippen LogP contribution >= 0.6 is 0 Å². The number of hydrogen-bond acceptors (Lipinski definition) is 3. The van der Waals surface area contributed by atoms with Crippen molar-refractivity contribution >= 4 is 12.1 Å². The number of carboxylic acids is 1. The molecule has 1 aromatic carbocycles. The zero-order chi connectivity index (χ0) is 17.0. The summed E-state index contributed by atoms with van der Waals surface area (Å²) in [7, 11) is 0. The molecule has 2 atom stereocenters. The standard InChI is InChI=1S/C18H25NO4/c1-18(2,3)23-17(22)19-12-8-7-11-14(19)15(16(20)21)13-9-5-4-6-10-13/h4-6,9-10,14-15H,7-8,11-12H2,1-3H3,(H,20,21). The number of carboxylic acid groups (broad SMARTS) is 1. The lowest BCUT2D eigenvalue weighted by molar-refractivity contribution is -0.140. The Balaban J connectivity index is 2.28. The van der Waals surface area contributed by atoms with Crippen molar-refractivity contribution in [2.45, 2.75) is 57.6 Å². The molecule has 0 aliphatic carbocycles. The maximum atomic E-state index is 12.5. The molecule has 0 bridgehead atoms. The molecule has 2 rings (SSSR count). The number of amides is 1. The summed E-state index contributed by atoms with van der Waals surface area (Å²) in [6.07, 6.45) is 2.03. The third-order valence-electron chi connectivity index (χ3n) is 3.99. The maximum Gasteiger partial charge on any atom is 0.410 e. The van der Waals surface area contributed by atoms with Gasteiger partial charge in [0.25, 0.3) is 0 Å². The van der Waals surface area contributed by atoms with Crippen molar-refractivity contribution in [3.8, 4) is 0 Å². The Hall–Kier alpha value is -2.04. The van der Waals surface area contributed by atoms with Crippen LogP contribution in [-0.2, 0) is 9.53 Å². The molecule has 1 saturated heterocycles. The molecule has 126 valence electrons. The van der Waals surface area contributed by atoms with Gasteiger partial charge in [-0.25, -0.2) is 4.79 Å². The van der Waals surface area contributed by atoms with E-state index < -0.39 is 23.6 Å². The van der Waals surface area contributed by atoms with Gasteiger partial charge < -0.3 is 14.7 Å². The smallest absolute Gasteiger partial charge is 0.410 e. The summed E-state index contributed by atoms with van der Waals surface area (Å²) < 4.78 is 5.47. The number of carbonyl (C=O) groups is 2. The maximum absolute atomic E-state index is 12.5. The number of ether oxygens (including phenoxy) is 1. The molecular weight excluding hydrogens is 294 g/mol.